The average Bonchev–Trinajstić information content (AvgIpc) is 0.683. The molecule has 538 valence electrons. The van der Waals surface area contributed by atoms with Crippen molar-refractivity contribution in [3.05, 3.63) is 268 Å². The molecule has 0 amide bonds. The summed E-state index contributed by atoms with van der Waals surface area (Å²) in [6.45, 7) is 61.0. The maximum atomic E-state index is 9.79. The largest absolute Gasteiger partial charge is 0.310 e. The van der Waals surface area contributed by atoms with Gasteiger partial charge in [0.25, 0.3) is 6.71 Å². The predicted octanol–water partition coefficient (Wildman–Crippen LogP) is 27.4. The van der Waals surface area contributed by atoms with Crippen LogP contribution in [0.15, 0.2) is 218 Å². The van der Waals surface area contributed by atoms with Gasteiger partial charge in [0.05, 0.1) is 25.1 Å². The van der Waals surface area contributed by atoms with Crippen molar-refractivity contribution < 1.29 is 13.7 Å². The number of anilines is 6. The lowest BCUT2D eigenvalue weighted by Crippen LogP contribution is -2.61. The molecule has 105 heavy (non-hydrogen) atoms. The summed E-state index contributed by atoms with van der Waals surface area (Å²) in [6, 6.07) is 55.1. The van der Waals surface area contributed by atoms with Crippen LogP contribution in [0.25, 0.3) is 66.8 Å². The highest BCUT2D eigenvalue weighted by atomic mass is 15.2. The fourth-order valence-electron chi connectivity index (χ4n) is 15.5. The van der Waals surface area contributed by atoms with Crippen LogP contribution in [0.4, 0.5) is 34.1 Å². The monoisotopic (exact) mass is 1390 g/mol. The van der Waals surface area contributed by atoms with Crippen molar-refractivity contribution in [2.24, 2.45) is 0 Å². The molecule has 0 radical (unpaired) electrons. The molecule has 11 aromatic carbocycles. The van der Waals surface area contributed by atoms with Crippen LogP contribution < -0.4 is 26.2 Å². The van der Waals surface area contributed by atoms with Crippen LogP contribution >= 0.6 is 0 Å². The van der Waals surface area contributed by atoms with E-state index in [0.717, 1.165) is 112 Å². The van der Waals surface area contributed by atoms with Crippen molar-refractivity contribution in [2.75, 3.05) is 9.80 Å². The second kappa shape index (κ2) is 26.0. The Bertz CT molecular complexity index is 5660. The van der Waals surface area contributed by atoms with Crippen LogP contribution in [0.3, 0.4) is 0 Å². The summed E-state index contributed by atoms with van der Waals surface area (Å²) in [6.07, 6.45) is 0. The Kier molecular flexibility index (Phi) is 15.4. The fourth-order valence-corrected chi connectivity index (χ4v) is 15.5. The first-order valence-corrected chi connectivity index (χ1v) is 38.0. The summed E-state index contributed by atoms with van der Waals surface area (Å²) in [5.41, 5.74) is 24.2. The maximum absolute atomic E-state index is 9.79. The van der Waals surface area contributed by atoms with Gasteiger partial charge in [0.1, 0.15) is 0 Å². The molecule has 0 saturated carbocycles. The molecule has 0 saturated heterocycles. The molecular weight excluding hydrogens is 1260 g/mol. The van der Waals surface area contributed by atoms with Crippen LogP contribution in [-0.4, -0.2) is 6.71 Å². The number of rotatable bonds is 8. The molecule has 3 heteroatoms. The molecule has 0 fully saturated rings. The summed E-state index contributed by atoms with van der Waals surface area (Å²) in [5.74, 6) is 0. The quantitative estimate of drug-likeness (QED) is 0.140. The molecule has 0 aromatic heterocycles. The van der Waals surface area contributed by atoms with Crippen molar-refractivity contribution >= 4 is 57.2 Å². The first-order valence-electron chi connectivity index (χ1n) is 43.0. The molecule has 0 spiro atoms. The van der Waals surface area contributed by atoms with E-state index in [2.05, 4.69) is 342 Å². The predicted molar refractivity (Wildman–Crippen MR) is 461 cm³/mol. The van der Waals surface area contributed by atoms with E-state index >= 15 is 0 Å². The van der Waals surface area contributed by atoms with Crippen LogP contribution in [0, 0.1) is 0 Å². The minimum atomic E-state index is -0.623. The molecule has 2 nitrogen and oxygen atoms in total. The number of nitrogens with zero attached hydrogens (tertiary/aromatic N) is 2. The van der Waals surface area contributed by atoms with E-state index < -0.39 is 59.2 Å². The lowest BCUT2D eigenvalue weighted by atomic mass is 9.33. The number of hydrogen-bond donors (Lipinski definition) is 0. The van der Waals surface area contributed by atoms with Crippen molar-refractivity contribution in [2.45, 2.75) is 236 Å². The van der Waals surface area contributed by atoms with E-state index in [1.165, 1.54) is 33.4 Å². The van der Waals surface area contributed by atoms with Crippen molar-refractivity contribution in [1.29, 1.82) is 0 Å². The van der Waals surface area contributed by atoms with Crippen LogP contribution in [-0.2, 0) is 48.7 Å². The van der Waals surface area contributed by atoms with Gasteiger partial charge in [0.15, 0.2) is 0 Å². The van der Waals surface area contributed by atoms with Gasteiger partial charge in [0, 0.05) is 45.0 Å². The lowest BCUT2D eigenvalue weighted by molar-refractivity contribution is 0.569. The molecule has 0 bridgehead atoms. The highest BCUT2D eigenvalue weighted by Crippen LogP contribution is 2.58. The van der Waals surface area contributed by atoms with E-state index in [4.69, 9.17) is 2.74 Å². The molecule has 13 rings (SSSR count). The van der Waals surface area contributed by atoms with Crippen molar-refractivity contribution in [3.63, 3.8) is 0 Å². The summed E-state index contributed by atoms with van der Waals surface area (Å²) in [7, 11) is 0. The first kappa shape index (κ1) is 62.3. The van der Waals surface area contributed by atoms with Gasteiger partial charge < -0.3 is 9.80 Å². The molecule has 2 heterocycles. The highest BCUT2D eigenvalue weighted by molar-refractivity contribution is 7.00. The first-order chi connectivity index (χ1) is 52.9. The standard InChI is InChI=1S/C102H117BN2/c1-94(2,3)71-47-41-66(42-48-71)78-58-75(98(13,14)15)60-80(70-53-73(96(7,8)9)57-74(54-70)97(10,11)12)92(78)104-86-55-68(64-35-30-28-31-36-64)45-51-84(86)103-85-52-46-69(65-37-32-29-33-38-65)56-87(85)105(89-63-77(100(19,20)21)62-88(104)91(89)103)93-79(67-43-49-72(50-44-67)95(4,5)6)59-76(99(16,17)18)61-81(93)90-82(101(22,23)24)39-34-40-83(90)102(25,26)27/h28-63H,1-27H3/i28D,29D,30D,31D,32D,33D,35D,36D,37D,38D. The van der Waals surface area contributed by atoms with Crippen LogP contribution in [0.1, 0.15) is 251 Å². The summed E-state index contributed by atoms with van der Waals surface area (Å²) in [4.78, 5) is 4.99. The van der Waals surface area contributed by atoms with Gasteiger partial charge in [-0.15, -0.1) is 0 Å². The van der Waals surface area contributed by atoms with Gasteiger partial charge >= 0.3 is 0 Å². The fraction of sp³-hybridized carbons (Fsp3) is 0.353. The van der Waals surface area contributed by atoms with E-state index in [1.54, 1.807) is 0 Å². The van der Waals surface area contributed by atoms with Gasteiger partial charge in [-0.25, -0.2) is 0 Å². The van der Waals surface area contributed by atoms with Gasteiger partial charge in [-0.05, 0) is 208 Å². The molecule has 0 aliphatic carbocycles. The maximum Gasteiger partial charge on any atom is 0.252 e. The Morgan fingerprint density at radius 1 is 0.248 bits per heavy atom. The normalized spacial score (nSPS) is 15.1. The third-order valence-electron chi connectivity index (χ3n) is 22.0. The average molecular weight is 1390 g/mol. The molecule has 2 aliphatic rings. The minimum absolute atomic E-state index is 0.0793. The van der Waals surface area contributed by atoms with Crippen LogP contribution in [0.2, 0.25) is 0 Å². The second-order valence-corrected chi connectivity index (χ2v) is 39.4. The smallest absolute Gasteiger partial charge is 0.252 e. The summed E-state index contributed by atoms with van der Waals surface area (Å²) >= 11 is 0. The van der Waals surface area contributed by atoms with Crippen molar-refractivity contribution in [3.8, 4) is 66.8 Å². The molecule has 11 aromatic rings. The Hall–Kier alpha value is -8.92. The highest BCUT2D eigenvalue weighted by Gasteiger charge is 2.47. The molecule has 0 unspecified atom stereocenters. The van der Waals surface area contributed by atoms with Gasteiger partial charge in [-0.3, -0.25) is 0 Å². The number of fused-ring (bicyclic) bond motifs is 4. The van der Waals surface area contributed by atoms with E-state index in [0.29, 0.717) is 11.1 Å². The Balaban J connectivity index is 1.34. The van der Waals surface area contributed by atoms with E-state index in [-0.39, 0.29) is 67.8 Å². The SMILES string of the molecule is [2H]c1c([2H])c([2H])c(-c2ccc3c(c2)N(c2c(-c4ccc(C(C)(C)C)cc4)cc(C(C)(C)C)cc2-c2cc(C(C)(C)C)cc(C(C)(C)C)c2)c2cc(C(C)(C)C)cc4c2B3c2ccc(-c3c([2H])c([2H])c([2H])c([2H])c3[2H])cc2N4c2c(-c3ccc(C(C)(C)C)cc3)cc(C(C)(C)C)cc2-c2c(C(C)(C)C)cccc2C(C)(C)C)c([2H])c1[2H]. The molecule has 0 atom stereocenters. The minimum Gasteiger partial charge on any atom is -0.310 e. The third-order valence-corrected chi connectivity index (χ3v) is 22.0. The summed E-state index contributed by atoms with van der Waals surface area (Å²) < 4.78 is 94.0. The topological polar surface area (TPSA) is 6.48 Å². The van der Waals surface area contributed by atoms with Crippen molar-refractivity contribution in [1.82, 2.24) is 0 Å². The van der Waals surface area contributed by atoms with E-state index in [1.807, 2.05) is 12.1 Å². The summed E-state index contributed by atoms with van der Waals surface area (Å²) in [5, 5.41) is 0. The zero-order valence-corrected chi connectivity index (χ0v) is 68.0. The Labute approximate surface area is 648 Å². The van der Waals surface area contributed by atoms with Gasteiger partial charge in [0.2, 0.25) is 0 Å². The van der Waals surface area contributed by atoms with Crippen LogP contribution in [0.5, 0.6) is 0 Å². The zero-order valence-electron chi connectivity index (χ0n) is 78.0. The number of hydrogen-bond acceptors (Lipinski definition) is 2. The Morgan fingerprint density at radius 3 is 0.895 bits per heavy atom. The van der Waals surface area contributed by atoms with Gasteiger partial charge in [-0.1, -0.05) is 357 Å². The van der Waals surface area contributed by atoms with Gasteiger partial charge in [-0.2, -0.15) is 0 Å². The third kappa shape index (κ3) is 14.2. The molecule has 2 aliphatic heterocycles. The zero-order chi connectivity index (χ0) is 84.7. The molecule has 0 N–H and O–H groups in total. The Morgan fingerprint density at radius 2 is 0.552 bits per heavy atom. The lowest BCUT2D eigenvalue weighted by Gasteiger charge is -2.47. The molecular formula is C102H117BN2. The van der Waals surface area contributed by atoms with E-state index in [9.17, 15) is 11.0 Å². The second-order valence-electron chi connectivity index (χ2n) is 39.4. The number of benzene rings is 11.